The topological polar surface area (TPSA) is 78.4 Å². The van der Waals surface area contributed by atoms with Crippen molar-refractivity contribution in [3.63, 3.8) is 0 Å². The summed E-state index contributed by atoms with van der Waals surface area (Å²) < 4.78 is 0. The number of amides is 2. The molecule has 0 aromatic heterocycles. The third-order valence-corrected chi connectivity index (χ3v) is 3.30. The number of rotatable bonds is 4. The molecule has 1 atom stereocenters. The average molecular weight is 262 g/mol. The summed E-state index contributed by atoms with van der Waals surface area (Å²) in [5.74, 6) is -1.23. The summed E-state index contributed by atoms with van der Waals surface area (Å²) in [5.41, 5.74) is -0.362. The Kier molecular flexibility index (Phi) is 3.85. The molecule has 0 spiro atoms. The fourth-order valence-electron chi connectivity index (χ4n) is 1.90. The van der Waals surface area contributed by atoms with Crippen LogP contribution in [-0.2, 0) is 9.59 Å². The molecule has 5 nitrogen and oxygen atoms in total. The van der Waals surface area contributed by atoms with Gasteiger partial charge in [-0.25, -0.2) is 0 Å². The monoisotopic (exact) mass is 262 g/mol. The van der Waals surface area contributed by atoms with Gasteiger partial charge in [-0.2, -0.15) is 0 Å². The van der Waals surface area contributed by atoms with Crippen molar-refractivity contribution in [2.75, 3.05) is 11.9 Å². The normalized spacial score (nSPS) is 17.4. The zero-order valence-electron chi connectivity index (χ0n) is 10.8. The molecule has 3 N–H and O–H groups in total. The molecule has 0 saturated heterocycles. The van der Waals surface area contributed by atoms with Gasteiger partial charge in [-0.3, -0.25) is 9.59 Å². The highest BCUT2D eigenvalue weighted by Gasteiger charge is 2.40. The highest BCUT2D eigenvalue weighted by atomic mass is 16.3. The van der Waals surface area contributed by atoms with Crippen LogP contribution in [0.25, 0.3) is 0 Å². The molecule has 1 unspecified atom stereocenters. The van der Waals surface area contributed by atoms with Crippen molar-refractivity contribution >= 4 is 17.5 Å². The number of anilines is 1. The van der Waals surface area contributed by atoms with E-state index in [-0.39, 0.29) is 12.5 Å². The number of hydrogen-bond donors (Lipinski definition) is 3. The summed E-state index contributed by atoms with van der Waals surface area (Å²) >= 11 is 0. The first-order chi connectivity index (χ1) is 8.99. The number of carbonyl (C=O) groups is 2. The van der Waals surface area contributed by atoms with Crippen LogP contribution in [0.1, 0.15) is 19.8 Å². The zero-order valence-corrected chi connectivity index (χ0v) is 10.8. The first-order valence-corrected chi connectivity index (χ1v) is 6.35. The maximum atomic E-state index is 11.6. The predicted octanol–water partition coefficient (Wildman–Crippen LogP) is 0.902. The van der Waals surface area contributed by atoms with E-state index in [9.17, 15) is 14.7 Å². The van der Waals surface area contributed by atoms with Crippen molar-refractivity contribution in [2.45, 2.75) is 25.4 Å². The minimum atomic E-state index is -0.928. The van der Waals surface area contributed by atoms with E-state index in [1.54, 1.807) is 31.2 Å². The fourth-order valence-corrected chi connectivity index (χ4v) is 1.90. The number of benzene rings is 1. The number of aliphatic hydroxyl groups is 1. The summed E-state index contributed by atoms with van der Waals surface area (Å²) in [6.45, 7) is 1.78. The number of carbonyl (C=O) groups excluding carboxylic acids is 2. The van der Waals surface area contributed by atoms with E-state index < -0.39 is 17.4 Å². The zero-order chi connectivity index (χ0) is 13.9. The van der Waals surface area contributed by atoms with E-state index in [2.05, 4.69) is 10.6 Å². The Hall–Kier alpha value is -1.88. The molecule has 1 saturated carbocycles. The van der Waals surface area contributed by atoms with Crippen molar-refractivity contribution in [2.24, 2.45) is 5.92 Å². The predicted molar refractivity (Wildman–Crippen MR) is 71.4 cm³/mol. The molecule has 19 heavy (non-hydrogen) atoms. The van der Waals surface area contributed by atoms with Crippen LogP contribution in [-0.4, -0.2) is 29.1 Å². The maximum Gasteiger partial charge on any atom is 0.313 e. The molecule has 2 rings (SSSR count). The van der Waals surface area contributed by atoms with Gasteiger partial charge in [0.05, 0.1) is 5.60 Å². The Morgan fingerprint density at radius 2 is 1.89 bits per heavy atom. The molecule has 1 fully saturated rings. The lowest BCUT2D eigenvalue weighted by Crippen LogP contribution is -2.45. The van der Waals surface area contributed by atoms with Crippen LogP contribution in [0.3, 0.4) is 0 Å². The standard InChI is InChI=1S/C14H18N2O3/c1-14(19,10-7-8-10)9-15-12(17)13(18)16-11-5-3-2-4-6-11/h2-6,10,19H,7-9H2,1H3,(H,15,17)(H,16,18). The van der Waals surface area contributed by atoms with Gasteiger partial charge in [0.1, 0.15) is 0 Å². The SMILES string of the molecule is CC(O)(CNC(=O)C(=O)Nc1ccccc1)C1CC1. The Morgan fingerprint density at radius 1 is 1.26 bits per heavy atom. The minimum absolute atomic E-state index is 0.0959. The van der Waals surface area contributed by atoms with Crippen molar-refractivity contribution in [3.8, 4) is 0 Å². The third kappa shape index (κ3) is 3.79. The fraction of sp³-hybridized carbons (Fsp3) is 0.429. The van der Waals surface area contributed by atoms with Gasteiger partial charge in [0.25, 0.3) is 0 Å². The van der Waals surface area contributed by atoms with E-state index in [1.165, 1.54) is 0 Å². The van der Waals surface area contributed by atoms with Crippen LogP contribution in [0.2, 0.25) is 0 Å². The van der Waals surface area contributed by atoms with Gasteiger partial charge >= 0.3 is 11.8 Å². The summed E-state index contributed by atoms with van der Waals surface area (Å²) in [5, 5.41) is 15.0. The van der Waals surface area contributed by atoms with E-state index in [0.29, 0.717) is 5.69 Å². The molecular formula is C14H18N2O3. The smallest absolute Gasteiger partial charge is 0.313 e. The molecule has 1 aliphatic rings. The van der Waals surface area contributed by atoms with Crippen LogP contribution >= 0.6 is 0 Å². The van der Waals surface area contributed by atoms with Gasteiger partial charge in [0, 0.05) is 12.2 Å². The largest absolute Gasteiger partial charge is 0.388 e. The lowest BCUT2D eigenvalue weighted by atomic mass is 10.0. The quantitative estimate of drug-likeness (QED) is 0.705. The summed E-state index contributed by atoms with van der Waals surface area (Å²) in [4.78, 5) is 23.2. The summed E-state index contributed by atoms with van der Waals surface area (Å²) in [6, 6.07) is 8.76. The van der Waals surface area contributed by atoms with Crippen molar-refractivity contribution in [1.29, 1.82) is 0 Å². The highest BCUT2D eigenvalue weighted by molar-refractivity contribution is 6.39. The highest BCUT2D eigenvalue weighted by Crippen LogP contribution is 2.38. The second kappa shape index (κ2) is 5.40. The lowest BCUT2D eigenvalue weighted by molar-refractivity contribution is -0.136. The van der Waals surface area contributed by atoms with E-state index in [4.69, 9.17) is 0 Å². The second-order valence-corrected chi connectivity index (χ2v) is 5.13. The molecular weight excluding hydrogens is 244 g/mol. The van der Waals surface area contributed by atoms with E-state index in [1.807, 2.05) is 6.07 Å². The van der Waals surface area contributed by atoms with Crippen LogP contribution in [0.5, 0.6) is 0 Å². The number of nitrogens with one attached hydrogen (secondary N) is 2. The first kappa shape index (κ1) is 13.5. The molecule has 0 aliphatic heterocycles. The van der Waals surface area contributed by atoms with Crippen molar-refractivity contribution < 1.29 is 14.7 Å². The number of para-hydroxylation sites is 1. The van der Waals surface area contributed by atoms with Crippen LogP contribution in [0.4, 0.5) is 5.69 Å². The minimum Gasteiger partial charge on any atom is -0.388 e. The molecule has 2 amide bonds. The molecule has 0 bridgehead atoms. The van der Waals surface area contributed by atoms with Crippen LogP contribution in [0.15, 0.2) is 30.3 Å². The summed E-state index contributed by atoms with van der Waals surface area (Å²) in [7, 11) is 0. The Morgan fingerprint density at radius 3 is 2.47 bits per heavy atom. The van der Waals surface area contributed by atoms with Gasteiger partial charge in [0.2, 0.25) is 0 Å². The molecule has 1 aromatic rings. The van der Waals surface area contributed by atoms with Gasteiger partial charge in [0.15, 0.2) is 0 Å². The van der Waals surface area contributed by atoms with Crippen molar-refractivity contribution in [1.82, 2.24) is 5.32 Å². The third-order valence-electron chi connectivity index (χ3n) is 3.30. The molecule has 1 aliphatic carbocycles. The van der Waals surface area contributed by atoms with Crippen LogP contribution < -0.4 is 10.6 Å². The molecule has 102 valence electrons. The van der Waals surface area contributed by atoms with Gasteiger partial charge in [-0.1, -0.05) is 18.2 Å². The number of hydrogen-bond acceptors (Lipinski definition) is 3. The van der Waals surface area contributed by atoms with Crippen LogP contribution in [0, 0.1) is 5.92 Å². The van der Waals surface area contributed by atoms with E-state index in [0.717, 1.165) is 12.8 Å². The maximum absolute atomic E-state index is 11.6. The van der Waals surface area contributed by atoms with Gasteiger partial charge in [-0.15, -0.1) is 0 Å². The Labute approximate surface area is 112 Å². The molecule has 5 heteroatoms. The summed E-state index contributed by atoms with van der Waals surface area (Å²) in [6.07, 6.45) is 1.94. The van der Waals surface area contributed by atoms with Gasteiger partial charge < -0.3 is 15.7 Å². The first-order valence-electron chi connectivity index (χ1n) is 6.35. The molecule has 0 radical (unpaired) electrons. The molecule has 0 heterocycles. The average Bonchev–Trinajstić information content (AvgIpc) is 3.22. The Bertz CT molecular complexity index is 467. The van der Waals surface area contributed by atoms with Gasteiger partial charge in [-0.05, 0) is 37.8 Å². The lowest BCUT2D eigenvalue weighted by Gasteiger charge is -2.22. The molecule has 1 aromatic carbocycles. The van der Waals surface area contributed by atoms with E-state index >= 15 is 0 Å². The van der Waals surface area contributed by atoms with Crippen molar-refractivity contribution in [3.05, 3.63) is 30.3 Å². The second-order valence-electron chi connectivity index (χ2n) is 5.13. The Balaban J connectivity index is 1.81.